The first-order valence-corrected chi connectivity index (χ1v) is 25.4. The molecule has 7 rings (SSSR count). The molecule has 4 nitrogen and oxygen atoms in total. The summed E-state index contributed by atoms with van der Waals surface area (Å²) in [6, 6.07) is 40.5. The molecule has 0 saturated carbocycles. The first-order valence-electron chi connectivity index (χ1n) is 25.4. The largest absolute Gasteiger partial charge is 0.493 e. The minimum atomic E-state index is -0.129. The molecule has 6 aromatic carbocycles. The van der Waals surface area contributed by atoms with Gasteiger partial charge < -0.3 is 18.9 Å². The summed E-state index contributed by atoms with van der Waals surface area (Å²) in [5.74, 6) is 3.82. The maximum Gasteiger partial charge on any atom is 0.126 e. The minimum Gasteiger partial charge on any atom is -0.493 e. The molecule has 0 aromatic heterocycles. The van der Waals surface area contributed by atoms with Gasteiger partial charge >= 0.3 is 0 Å². The van der Waals surface area contributed by atoms with E-state index < -0.39 is 0 Å². The van der Waals surface area contributed by atoms with Gasteiger partial charge in [-0.05, 0) is 112 Å². The van der Waals surface area contributed by atoms with E-state index in [1.54, 1.807) is 0 Å². The Morgan fingerprint density at radius 1 is 0.324 bits per heavy atom. The van der Waals surface area contributed by atoms with Crippen LogP contribution in [0.3, 0.4) is 0 Å². The van der Waals surface area contributed by atoms with E-state index in [9.17, 15) is 0 Å². The Labute approximate surface area is 410 Å². The van der Waals surface area contributed by atoms with Crippen LogP contribution in [0, 0.1) is 0 Å². The minimum absolute atomic E-state index is 0.109. The summed E-state index contributed by atoms with van der Waals surface area (Å²) >= 11 is 0. The molecule has 360 valence electrons. The SMILES string of the molecule is CCCOc1c2cc(C(C)(C)C)cc1Cc1cc(C(C)(C)C)cc(c1OCc1ccccc1)Cc1cc(C(C)(C)C)cc(c1OCc1ccccc1)Cc1cc(C(C)(C)C)cc(c1OCCC)C2. The summed E-state index contributed by atoms with van der Waals surface area (Å²) in [5.41, 5.74) is 16.3. The van der Waals surface area contributed by atoms with Crippen molar-refractivity contribution in [1.82, 2.24) is 0 Å². The smallest absolute Gasteiger partial charge is 0.126 e. The molecule has 1 aliphatic rings. The van der Waals surface area contributed by atoms with E-state index >= 15 is 0 Å². The van der Waals surface area contributed by atoms with Crippen LogP contribution in [0.1, 0.15) is 188 Å². The maximum atomic E-state index is 7.23. The fourth-order valence-electron chi connectivity index (χ4n) is 9.23. The van der Waals surface area contributed by atoms with Gasteiger partial charge in [-0.2, -0.15) is 0 Å². The van der Waals surface area contributed by atoms with Crippen molar-refractivity contribution < 1.29 is 18.9 Å². The van der Waals surface area contributed by atoms with Gasteiger partial charge in [0, 0.05) is 25.7 Å². The zero-order chi connectivity index (χ0) is 49.0. The van der Waals surface area contributed by atoms with Gasteiger partial charge in [-0.3, -0.25) is 0 Å². The molecule has 4 heteroatoms. The highest BCUT2D eigenvalue weighted by Gasteiger charge is 2.29. The number of benzene rings is 6. The predicted molar refractivity (Wildman–Crippen MR) is 285 cm³/mol. The van der Waals surface area contributed by atoms with Gasteiger partial charge in [0.1, 0.15) is 36.2 Å². The molecule has 8 bridgehead atoms. The average Bonchev–Trinajstić information content (AvgIpc) is 3.26. The number of hydrogen-bond donors (Lipinski definition) is 0. The highest BCUT2D eigenvalue weighted by Crippen LogP contribution is 2.45. The zero-order valence-corrected chi connectivity index (χ0v) is 44.1. The Hall–Kier alpha value is -5.48. The molecule has 6 aromatic rings. The molecule has 0 spiro atoms. The third-order valence-corrected chi connectivity index (χ3v) is 13.3. The van der Waals surface area contributed by atoms with Gasteiger partial charge in [0.25, 0.3) is 0 Å². The molecule has 0 heterocycles. The summed E-state index contributed by atoms with van der Waals surface area (Å²) in [5, 5.41) is 0. The van der Waals surface area contributed by atoms with Gasteiger partial charge in [0.2, 0.25) is 0 Å². The van der Waals surface area contributed by atoms with E-state index in [1.807, 2.05) is 0 Å². The van der Waals surface area contributed by atoms with Crippen molar-refractivity contribution in [2.45, 2.75) is 170 Å². The zero-order valence-electron chi connectivity index (χ0n) is 44.1. The van der Waals surface area contributed by atoms with Crippen LogP contribution in [-0.4, -0.2) is 13.2 Å². The van der Waals surface area contributed by atoms with Crippen LogP contribution >= 0.6 is 0 Å². The van der Waals surface area contributed by atoms with Gasteiger partial charge in [-0.15, -0.1) is 0 Å². The lowest BCUT2D eigenvalue weighted by molar-refractivity contribution is 0.295. The van der Waals surface area contributed by atoms with Gasteiger partial charge in [-0.1, -0.05) is 206 Å². The number of fused-ring (bicyclic) bond motifs is 8. The summed E-state index contributed by atoms with van der Waals surface area (Å²) in [4.78, 5) is 0. The summed E-state index contributed by atoms with van der Waals surface area (Å²) in [6.07, 6.45) is 4.41. The second kappa shape index (κ2) is 20.6. The van der Waals surface area contributed by atoms with E-state index in [0.717, 1.165) is 69.2 Å². The lowest BCUT2D eigenvalue weighted by Gasteiger charge is -2.29. The quantitative estimate of drug-likeness (QED) is 0.122. The molecule has 0 amide bonds. The van der Waals surface area contributed by atoms with Gasteiger partial charge in [0.15, 0.2) is 0 Å². The second-order valence-electron chi connectivity index (χ2n) is 23.4. The molecule has 0 N–H and O–H groups in total. The normalized spacial score (nSPS) is 13.3. The van der Waals surface area contributed by atoms with Gasteiger partial charge in [-0.25, -0.2) is 0 Å². The molecule has 0 unspecified atom stereocenters. The molecule has 1 aliphatic carbocycles. The molecule has 0 radical (unpaired) electrons. The Bertz CT molecular complexity index is 2480. The monoisotopic (exact) mass is 913 g/mol. The van der Waals surface area contributed by atoms with Crippen LogP contribution in [0.2, 0.25) is 0 Å². The lowest BCUT2D eigenvalue weighted by atomic mass is 9.79. The average molecular weight is 913 g/mol. The van der Waals surface area contributed by atoms with Crippen molar-refractivity contribution in [3.8, 4) is 23.0 Å². The molecular formula is C64H80O4. The molecule has 0 fully saturated rings. The van der Waals surface area contributed by atoms with Crippen molar-refractivity contribution in [2.24, 2.45) is 0 Å². The predicted octanol–water partition coefficient (Wildman–Crippen LogP) is 16.3. The van der Waals surface area contributed by atoms with E-state index in [0.29, 0.717) is 52.1 Å². The fourth-order valence-corrected chi connectivity index (χ4v) is 9.23. The first kappa shape index (κ1) is 50.4. The van der Waals surface area contributed by atoms with Gasteiger partial charge in [0.05, 0.1) is 13.2 Å². The molecule has 0 atom stereocenters. The van der Waals surface area contributed by atoms with Crippen molar-refractivity contribution in [2.75, 3.05) is 13.2 Å². The van der Waals surface area contributed by atoms with E-state index in [1.165, 1.54) is 44.5 Å². The maximum absolute atomic E-state index is 7.23. The molecular weight excluding hydrogens is 833 g/mol. The Balaban J connectivity index is 1.62. The first-order chi connectivity index (χ1) is 32.1. The van der Waals surface area contributed by atoms with Crippen LogP contribution in [0.25, 0.3) is 0 Å². The van der Waals surface area contributed by atoms with Crippen molar-refractivity contribution in [3.05, 3.63) is 187 Å². The Morgan fingerprint density at radius 3 is 0.750 bits per heavy atom. The Morgan fingerprint density at radius 2 is 0.544 bits per heavy atom. The standard InChI is InChI=1S/C64H80O4/c1-15-27-65-57-45-29-46-34-54(62(6,7)8)36-48(58(46)66-28-16-2)31-50-38-56(64(12,13)14)40-52(60(50)68-42-44-25-21-18-22-26-44)32-51-39-55(63(9,10)11)37-49(30-47(57)35-53(33-45)61(3,4)5)59(51)67-41-43-23-19-17-20-24-43/h17-26,33-40H,15-16,27-32,41-42H2,1-14H3. The Kier molecular flexibility index (Phi) is 15.3. The fraction of sp³-hybridized carbons (Fsp3) is 0.438. The highest BCUT2D eigenvalue weighted by atomic mass is 16.5. The van der Waals surface area contributed by atoms with Crippen molar-refractivity contribution >= 4 is 0 Å². The third kappa shape index (κ3) is 12.2. The van der Waals surface area contributed by atoms with Crippen molar-refractivity contribution in [1.29, 1.82) is 0 Å². The van der Waals surface area contributed by atoms with Crippen LogP contribution in [0.15, 0.2) is 109 Å². The van der Waals surface area contributed by atoms with Crippen LogP contribution in [-0.2, 0) is 60.6 Å². The summed E-state index contributed by atoms with van der Waals surface area (Å²) in [7, 11) is 0. The van der Waals surface area contributed by atoms with Crippen LogP contribution < -0.4 is 18.9 Å². The van der Waals surface area contributed by atoms with E-state index in [2.05, 4.69) is 206 Å². The lowest BCUT2D eigenvalue weighted by Crippen LogP contribution is -2.18. The summed E-state index contributed by atoms with van der Waals surface area (Å²) in [6.45, 7) is 34.5. The topological polar surface area (TPSA) is 36.9 Å². The molecule has 0 aliphatic heterocycles. The second-order valence-corrected chi connectivity index (χ2v) is 23.4. The highest BCUT2D eigenvalue weighted by molar-refractivity contribution is 5.60. The number of hydrogen-bond acceptors (Lipinski definition) is 4. The van der Waals surface area contributed by atoms with E-state index in [-0.39, 0.29) is 21.7 Å². The van der Waals surface area contributed by atoms with Crippen LogP contribution in [0.4, 0.5) is 0 Å². The molecule has 0 saturated heterocycles. The van der Waals surface area contributed by atoms with Crippen molar-refractivity contribution in [3.63, 3.8) is 0 Å². The number of rotatable bonds is 12. The number of ether oxygens (including phenoxy) is 4. The summed E-state index contributed by atoms with van der Waals surface area (Å²) < 4.78 is 28.5. The van der Waals surface area contributed by atoms with E-state index in [4.69, 9.17) is 18.9 Å². The third-order valence-electron chi connectivity index (χ3n) is 13.3. The molecule has 68 heavy (non-hydrogen) atoms. The van der Waals surface area contributed by atoms with Crippen LogP contribution in [0.5, 0.6) is 23.0 Å².